The van der Waals surface area contributed by atoms with Gasteiger partial charge in [0.2, 0.25) is 5.95 Å². The Hall–Kier alpha value is -1.44. The predicted molar refractivity (Wildman–Crippen MR) is 82.8 cm³/mol. The summed E-state index contributed by atoms with van der Waals surface area (Å²) in [6.07, 6.45) is 0. The zero-order chi connectivity index (χ0) is 14.2. The Bertz CT molecular complexity index is 532. The summed E-state index contributed by atoms with van der Waals surface area (Å²) in [6, 6.07) is 2.03. The molecule has 2 rings (SSSR count). The second-order valence-corrected chi connectivity index (χ2v) is 4.99. The second-order valence-electron chi connectivity index (χ2n) is 4.10. The minimum absolute atomic E-state index is 0.610. The molecule has 0 aliphatic rings. The van der Waals surface area contributed by atoms with Crippen LogP contribution in [0.4, 0.5) is 11.8 Å². The normalized spacial score (nSPS) is 10.9. The average Bonchev–Trinajstić information content (AvgIpc) is 2.91. The smallest absolute Gasteiger partial charge is 0.226 e. The van der Waals surface area contributed by atoms with E-state index in [1.807, 2.05) is 18.4 Å². The highest BCUT2D eigenvalue weighted by atomic mass is 32.1. The van der Waals surface area contributed by atoms with Crippen LogP contribution in [0.25, 0.3) is 10.2 Å². The van der Waals surface area contributed by atoms with E-state index in [1.165, 1.54) is 0 Å². The summed E-state index contributed by atoms with van der Waals surface area (Å²) in [5.41, 5.74) is 0. The quantitative estimate of drug-likeness (QED) is 0.691. The van der Waals surface area contributed by atoms with Crippen molar-refractivity contribution in [3.05, 3.63) is 11.4 Å². The van der Waals surface area contributed by atoms with Crippen molar-refractivity contribution in [3.63, 3.8) is 0 Å². The molecule has 0 saturated carbocycles. The van der Waals surface area contributed by atoms with Crippen molar-refractivity contribution in [2.24, 2.45) is 0 Å². The van der Waals surface area contributed by atoms with E-state index < -0.39 is 0 Å². The van der Waals surface area contributed by atoms with E-state index in [4.69, 9.17) is 9.47 Å². The molecule has 0 aliphatic heterocycles. The minimum atomic E-state index is 0.610. The molecule has 2 aromatic rings. The molecule has 20 heavy (non-hydrogen) atoms. The van der Waals surface area contributed by atoms with Crippen molar-refractivity contribution < 1.29 is 9.47 Å². The topological polar surface area (TPSA) is 68.3 Å². The third kappa shape index (κ3) is 4.03. The van der Waals surface area contributed by atoms with Crippen LogP contribution < -0.4 is 10.6 Å². The maximum Gasteiger partial charge on any atom is 0.226 e. The van der Waals surface area contributed by atoms with Gasteiger partial charge in [0.15, 0.2) is 0 Å². The van der Waals surface area contributed by atoms with Crippen molar-refractivity contribution in [3.8, 4) is 0 Å². The molecule has 0 unspecified atom stereocenters. The van der Waals surface area contributed by atoms with Crippen LogP contribution >= 0.6 is 11.3 Å². The number of thiophene rings is 1. The molecule has 0 radical (unpaired) electrons. The lowest BCUT2D eigenvalue weighted by atomic mass is 10.4. The first-order valence-electron chi connectivity index (χ1n) is 6.64. The van der Waals surface area contributed by atoms with E-state index in [9.17, 15) is 0 Å². The maximum absolute atomic E-state index is 5.42. The number of nitrogens with zero attached hydrogens (tertiary/aromatic N) is 2. The van der Waals surface area contributed by atoms with Gasteiger partial charge < -0.3 is 20.1 Å². The molecule has 0 amide bonds. The van der Waals surface area contributed by atoms with E-state index in [2.05, 4.69) is 20.6 Å². The Morgan fingerprint density at radius 1 is 1.20 bits per heavy atom. The van der Waals surface area contributed by atoms with Crippen LogP contribution in [0.2, 0.25) is 0 Å². The van der Waals surface area contributed by atoms with Crippen molar-refractivity contribution in [1.82, 2.24) is 9.97 Å². The van der Waals surface area contributed by atoms with E-state index in [0.717, 1.165) is 22.6 Å². The average molecular weight is 296 g/mol. The first kappa shape index (κ1) is 15.0. The molecule has 7 heteroatoms. The van der Waals surface area contributed by atoms with Crippen LogP contribution in [0.5, 0.6) is 0 Å². The Labute approximate surface area is 122 Å². The van der Waals surface area contributed by atoms with Crippen LogP contribution in [-0.2, 0) is 9.47 Å². The van der Waals surface area contributed by atoms with E-state index in [-0.39, 0.29) is 0 Å². The molecule has 0 fully saturated rings. The van der Waals surface area contributed by atoms with Gasteiger partial charge in [0, 0.05) is 20.2 Å². The summed E-state index contributed by atoms with van der Waals surface area (Å²) >= 11 is 1.61. The highest BCUT2D eigenvalue weighted by molar-refractivity contribution is 7.16. The first-order chi connectivity index (χ1) is 9.85. The zero-order valence-corrected chi connectivity index (χ0v) is 12.6. The highest BCUT2D eigenvalue weighted by Gasteiger charge is 2.07. The number of fused-ring (bicyclic) bond motifs is 1. The van der Waals surface area contributed by atoms with Gasteiger partial charge in [-0.15, -0.1) is 11.3 Å². The van der Waals surface area contributed by atoms with Gasteiger partial charge >= 0.3 is 0 Å². The van der Waals surface area contributed by atoms with E-state index in [0.29, 0.717) is 32.3 Å². The lowest BCUT2D eigenvalue weighted by Crippen LogP contribution is -2.13. The number of methoxy groups -OCH3 is 1. The molecule has 2 aromatic heterocycles. The number of hydrogen-bond donors (Lipinski definition) is 2. The Morgan fingerprint density at radius 3 is 2.90 bits per heavy atom. The molecule has 0 bridgehead atoms. The van der Waals surface area contributed by atoms with Gasteiger partial charge in [-0.1, -0.05) is 0 Å². The molecule has 0 spiro atoms. The van der Waals surface area contributed by atoms with Gasteiger partial charge in [-0.05, 0) is 18.4 Å². The summed E-state index contributed by atoms with van der Waals surface area (Å²) in [7, 11) is 1.66. The Balaban J connectivity index is 1.95. The fraction of sp³-hybridized carbons (Fsp3) is 0.538. The van der Waals surface area contributed by atoms with Gasteiger partial charge in [0.25, 0.3) is 0 Å². The van der Waals surface area contributed by atoms with Crippen molar-refractivity contribution in [2.75, 3.05) is 50.7 Å². The van der Waals surface area contributed by atoms with Crippen molar-refractivity contribution in [2.45, 2.75) is 6.92 Å². The Morgan fingerprint density at radius 2 is 2.10 bits per heavy atom. The molecular weight excluding hydrogens is 276 g/mol. The number of hydrogen-bond acceptors (Lipinski definition) is 7. The van der Waals surface area contributed by atoms with Crippen LogP contribution in [0.15, 0.2) is 11.4 Å². The lowest BCUT2D eigenvalue weighted by Gasteiger charge is -2.09. The maximum atomic E-state index is 5.42. The molecule has 0 saturated heterocycles. The molecule has 2 N–H and O–H groups in total. The third-order valence-corrected chi connectivity index (χ3v) is 3.44. The number of anilines is 2. The minimum Gasteiger partial charge on any atom is -0.382 e. The summed E-state index contributed by atoms with van der Waals surface area (Å²) in [6.45, 7) is 5.38. The monoisotopic (exact) mass is 296 g/mol. The first-order valence-corrected chi connectivity index (χ1v) is 7.52. The van der Waals surface area contributed by atoms with Crippen LogP contribution in [0.1, 0.15) is 6.92 Å². The SMILES string of the molecule is CCNc1nc(NCCOCCOC)c2ccsc2n1. The number of rotatable bonds is 9. The van der Waals surface area contributed by atoms with Crippen molar-refractivity contribution in [1.29, 1.82) is 0 Å². The number of ether oxygens (including phenoxy) is 2. The van der Waals surface area contributed by atoms with Gasteiger partial charge in [-0.2, -0.15) is 4.98 Å². The van der Waals surface area contributed by atoms with Gasteiger partial charge in [0.1, 0.15) is 10.6 Å². The summed E-state index contributed by atoms with van der Waals surface area (Å²) < 4.78 is 10.3. The van der Waals surface area contributed by atoms with Gasteiger partial charge in [-0.25, -0.2) is 4.98 Å². The molecule has 6 nitrogen and oxygen atoms in total. The largest absolute Gasteiger partial charge is 0.382 e. The molecule has 0 aromatic carbocycles. The second kappa shape index (κ2) is 7.98. The third-order valence-electron chi connectivity index (χ3n) is 2.63. The molecule has 110 valence electrons. The highest BCUT2D eigenvalue weighted by Crippen LogP contribution is 2.26. The van der Waals surface area contributed by atoms with E-state index in [1.54, 1.807) is 18.4 Å². The summed E-state index contributed by atoms with van der Waals surface area (Å²) in [4.78, 5) is 9.94. The van der Waals surface area contributed by atoms with E-state index >= 15 is 0 Å². The number of nitrogens with one attached hydrogen (secondary N) is 2. The molecule has 2 heterocycles. The van der Waals surface area contributed by atoms with Crippen molar-refractivity contribution >= 4 is 33.3 Å². The standard InChI is InChI=1S/C13H20N4O2S/c1-3-14-13-16-11(10-4-9-20-12(10)17-13)15-5-6-19-8-7-18-2/h4,9H,3,5-8H2,1-2H3,(H2,14,15,16,17). The van der Waals surface area contributed by atoms with Gasteiger partial charge in [0.05, 0.1) is 25.2 Å². The summed E-state index contributed by atoms with van der Waals surface area (Å²) in [5.74, 6) is 1.51. The molecule has 0 aliphatic carbocycles. The van der Waals surface area contributed by atoms with Crippen LogP contribution in [0.3, 0.4) is 0 Å². The lowest BCUT2D eigenvalue weighted by molar-refractivity contribution is 0.0759. The number of aromatic nitrogens is 2. The predicted octanol–water partition coefficient (Wildman–Crippen LogP) is 2.20. The van der Waals surface area contributed by atoms with Crippen LogP contribution in [0, 0.1) is 0 Å². The zero-order valence-electron chi connectivity index (χ0n) is 11.8. The summed E-state index contributed by atoms with van der Waals surface area (Å²) in [5, 5.41) is 9.52. The van der Waals surface area contributed by atoms with Crippen LogP contribution in [-0.4, -0.2) is 50.0 Å². The Kier molecular flexibility index (Phi) is 5.97. The molecule has 0 atom stereocenters. The fourth-order valence-corrected chi connectivity index (χ4v) is 2.48. The fourth-order valence-electron chi connectivity index (χ4n) is 1.71. The molecular formula is C13H20N4O2S. The van der Waals surface area contributed by atoms with Gasteiger partial charge in [-0.3, -0.25) is 0 Å².